The Morgan fingerprint density at radius 2 is 1.69 bits per heavy atom. The van der Waals surface area contributed by atoms with Crippen LogP contribution in [0.3, 0.4) is 0 Å². The molecule has 39 heavy (non-hydrogen) atoms. The number of methoxy groups -OCH3 is 2. The van der Waals surface area contributed by atoms with E-state index >= 15 is 0 Å². The van der Waals surface area contributed by atoms with Crippen molar-refractivity contribution in [3.05, 3.63) is 88.8 Å². The minimum atomic E-state index is -0.572. The Kier molecular flexibility index (Phi) is 7.52. The molecule has 1 fully saturated rings. The highest BCUT2D eigenvalue weighted by Gasteiger charge is 2.29. The number of carbonyl (C=O) groups excluding carboxylic acids is 1. The number of amides is 1. The van der Waals surface area contributed by atoms with E-state index in [2.05, 4.69) is 4.98 Å². The zero-order valence-corrected chi connectivity index (χ0v) is 22.8. The molecule has 8 heteroatoms. The molecule has 1 aliphatic rings. The van der Waals surface area contributed by atoms with Gasteiger partial charge >= 0.3 is 0 Å². The first-order chi connectivity index (χ1) is 18.9. The SMILES string of the molecule is COc1cc(CN(C)C(=O)c2cnc([N+]3([O-])CCOCC3)cc2-c2ccccc2C)c(OC)c2ccccc12. The van der Waals surface area contributed by atoms with Gasteiger partial charge < -0.3 is 29.0 Å². The van der Waals surface area contributed by atoms with E-state index in [9.17, 15) is 10.0 Å². The lowest BCUT2D eigenvalue weighted by Gasteiger charge is -2.43. The molecular weight excluding hydrogens is 494 g/mol. The molecule has 1 aromatic heterocycles. The number of morpholine rings is 1. The number of aryl methyl sites for hydroxylation is 1. The molecule has 1 saturated heterocycles. The molecule has 0 aliphatic carbocycles. The van der Waals surface area contributed by atoms with E-state index in [-0.39, 0.29) is 25.5 Å². The Morgan fingerprint density at radius 1 is 1.00 bits per heavy atom. The number of aromatic nitrogens is 1. The maximum atomic E-state index is 14.0. The quantitative estimate of drug-likeness (QED) is 0.238. The van der Waals surface area contributed by atoms with Crippen LogP contribution in [0, 0.1) is 12.1 Å². The molecule has 0 saturated carbocycles. The smallest absolute Gasteiger partial charge is 0.256 e. The Bertz CT molecular complexity index is 1510. The highest BCUT2D eigenvalue weighted by molar-refractivity contribution is 6.01. The Morgan fingerprint density at radius 3 is 2.38 bits per heavy atom. The Labute approximate surface area is 228 Å². The van der Waals surface area contributed by atoms with Gasteiger partial charge in [-0.2, -0.15) is 0 Å². The molecule has 2 heterocycles. The van der Waals surface area contributed by atoms with Crippen molar-refractivity contribution in [3.63, 3.8) is 0 Å². The number of carbonyl (C=O) groups is 1. The van der Waals surface area contributed by atoms with E-state index in [0.29, 0.717) is 41.7 Å². The number of pyridine rings is 1. The fraction of sp³-hybridized carbons (Fsp3) is 0.290. The van der Waals surface area contributed by atoms with Gasteiger partial charge in [0.25, 0.3) is 5.91 Å². The van der Waals surface area contributed by atoms with Crippen molar-refractivity contribution in [1.82, 2.24) is 14.5 Å². The second-order valence-electron chi connectivity index (χ2n) is 9.83. The summed E-state index contributed by atoms with van der Waals surface area (Å²) in [6.45, 7) is 3.62. The van der Waals surface area contributed by atoms with E-state index in [1.54, 1.807) is 38.4 Å². The van der Waals surface area contributed by atoms with Crippen LogP contribution in [0.1, 0.15) is 21.5 Å². The normalized spacial score (nSPS) is 14.7. The van der Waals surface area contributed by atoms with Crippen LogP contribution in [0.15, 0.2) is 66.9 Å². The topological polar surface area (TPSA) is 84.0 Å². The van der Waals surface area contributed by atoms with Gasteiger partial charge in [-0.1, -0.05) is 48.5 Å². The van der Waals surface area contributed by atoms with Crippen LogP contribution in [-0.2, 0) is 11.3 Å². The number of nitrogens with zero attached hydrogens (tertiary/aromatic N) is 3. The molecule has 4 aromatic rings. The number of hydrogen-bond donors (Lipinski definition) is 0. The number of benzene rings is 3. The summed E-state index contributed by atoms with van der Waals surface area (Å²) in [7, 11) is 5.02. The van der Waals surface area contributed by atoms with E-state index in [0.717, 1.165) is 27.5 Å². The number of hydroxylamine groups is 2. The molecule has 3 aromatic carbocycles. The van der Waals surface area contributed by atoms with Gasteiger partial charge in [-0.15, -0.1) is 0 Å². The summed E-state index contributed by atoms with van der Waals surface area (Å²) >= 11 is 0. The van der Waals surface area contributed by atoms with Crippen molar-refractivity contribution in [3.8, 4) is 22.6 Å². The lowest BCUT2D eigenvalue weighted by atomic mass is 9.96. The number of fused-ring (bicyclic) bond motifs is 1. The first-order valence-corrected chi connectivity index (χ1v) is 13.0. The summed E-state index contributed by atoms with van der Waals surface area (Å²) in [5.41, 5.74) is 3.85. The van der Waals surface area contributed by atoms with Crippen molar-refractivity contribution in [2.75, 3.05) is 47.6 Å². The monoisotopic (exact) mass is 527 g/mol. The summed E-state index contributed by atoms with van der Waals surface area (Å²) < 4.78 is 16.3. The summed E-state index contributed by atoms with van der Waals surface area (Å²) in [6.07, 6.45) is 1.54. The van der Waals surface area contributed by atoms with Gasteiger partial charge in [0.15, 0.2) is 0 Å². The second kappa shape index (κ2) is 11.0. The van der Waals surface area contributed by atoms with Gasteiger partial charge in [0.1, 0.15) is 24.6 Å². The molecular formula is C31H33N3O5. The molecule has 1 amide bonds. The van der Waals surface area contributed by atoms with Crippen LogP contribution in [0.2, 0.25) is 0 Å². The van der Waals surface area contributed by atoms with Crippen molar-refractivity contribution in [1.29, 1.82) is 0 Å². The molecule has 0 unspecified atom stereocenters. The van der Waals surface area contributed by atoms with E-state index in [1.807, 2.05) is 61.5 Å². The maximum absolute atomic E-state index is 14.0. The van der Waals surface area contributed by atoms with Gasteiger partial charge in [0.05, 0.1) is 33.0 Å². The summed E-state index contributed by atoms with van der Waals surface area (Å²) in [6, 6.07) is 19.4. The number of quaternary nitrogens is 1. The van der Waals surface area contributed by atoms with Gasteiger partial charge in [0, 0.05) is 47.8 Å². The third-order valence-corrected chi connectivity index (χ3v) is 7.38. The molecule has 8 nitrogen and oxygen atoms in total. The molecule has 0 spiro atoms. The number of rotatable bonds is 7. The molecule has 5 rings (SSSR count). The average molecular weight is 528 g/mol. The first kappa shape index (κ1) is 26.6. The number of ether oxygens (including phenoxy) is 3. The molecule has 0 N–H and O–H groups in total. The molecule has 202 valence electrons. The van der Waals surface area contributed by atoms with Crippen molar-refractivity contribution in [2.45, 2.75) is 13.5 Å². The zero-order valence-electron chi connectivity index (χ0n) is 22.8. The van der Waals surface area contributed by atoms with E-state index < -0.39 is 4.65 Å². The van der Waals surface area contributed by atoms with Gasteiger partial charge in [-0.3, -0.25) is 4.79 Å². The maximum Gasteiger partial charge on any atom is 0.256 e. The van der Waals surface area contributed by atoms with Gasteiger partial charge in [0.2, 0.25) is 5.82 Å². The van der Waals surface area contributed by atoms with E-state index in [4.69, 9.17) is 14.2 Å². The highest BCUT2D eigenvalue weighted by Crippen LogP contribution is 2.38. The van der Waals surface area contributed by atoms with Gasteiger partial charge in [-0.05, 0) is 24.1 Å². The van der Waals surface area contributed by atoms with Crippen LogP contribution >= 0.6 is 0 Å². The third kappa shape index (κ3) is 5.06. The lowest BCUT2D eigenvalue weighted by Crippen LogP contribution is -2.52. The van der Waals surface area contributed by atoms with Crippen molar-refractivity contribution in [2.24, 2.45) is 0 Å². The van der Waals surface area contributed by atoms with Crippen LogP contribution in [0.4, 0.5) is 5.82 Å². The van der Waals surface area contributed by atoms with Crippen LogP contribution in [-0.4, -0.2) is 63.4 Å². The molecule has 1 aliphatic heterocycles. The zero-order chi connectivity index (χ0) is 27.6. The minimum absolute atomic E-state index is 0.207. The minimum Gasteiger partial charge on any atom is -0.626 e. The Hall–Kier alpha value is -3.98. The summed E-state index contributed by atoms with van der Waals surface area (Å²) in [5.74, 6) is 1.59. The van der Waals surface area contributed by atoms with Crippen molar-refractivity contribution < 1.29 is 19.0 Å². The van der Waals surface area contributed by atoms with Crippen molar-refractivity contribution >= 4 is 22.5 Å². The lowest BCUT2D eigenvalue weighted by molar-refractivity contribution is 0.0601. The predicted molar refractivity (Wildman–Crippen MR) is 153 cm³/mol. The summed E-state index contributed by atoms with van der Waals surface area (Å²) in [5, 5.41) is 15.4. The molecule has 0 bridgehead atoms. The third-order valence-electron chi connectivity index (χ3n) is 7.38. The molecule has 0 atom stereocenters. The number of hydrogen-bond acceptors (Lipinski definition) is 6. The first-order valence-electron chi connectivity index (χ1n) is 13.0. The fourth-order valence-corrected chi connectivity index (χ4v) is 5.23. The van der Waals surface area contributed by atoms with Crippen LogP contribution < -0.4 is 14.1 Å². The average Bonchev–Trinajstić information content (AvgIpc) is 2.96. The Balaban J connectivity index is 1.55. The second-order valence-corrected chi connectivity index (χ2v) is 9.83. The predicted octanol–water partition coefficient (Wildman–Crippen LogP) is 5.33. The highest BCUT2D eigenvalue weighted by atomic mass is 16.6. The summed E-state index contributed by atoms with van der Waals surface area (Å²) in [4.78, 5) is 20.1. The van der Waals surface area contributed by atoms with Crippen LogP contribution in [0.25, 0.3) is 21.9 Å². The van der Waals surface area contributed by atoms with Gasteiger partial charge in [-0.25, -0.2) is 4.98 Å². The molecule has 0 radical (unpaired) electrons. The largest absolute Gasteiger partial charge is 0.626 e. The van der Waals surface area contributed by atoms with E-state index in [1.165, 1.54) is 0 Å². The fourth-order valence-electron chi connectivity index (χ4n) is 5.23. The van der Waals surface area contributed by atoms with Crippen LogP contribution in [0.5, 0.6) is 11.5 Å². The standard InChI is InChI=1S/C31H33N3O5/c1-21-9-5-6-10-23(21)26-18-29(34(36)13-15-39-16-14-34)32-19-27(26)31(35)33(2)20-22-17-28(37-3)24-11-7-8-12-25(24)30(22)38-4/h5-12,17-19H,13-16,20H2,1-4H3.